The van der Waals surface area contributed by atoms with Crippen LogP contribution in [0.1, 0.15) is 6.42 Å². The van der Waals surface area contributed by atoms with Crippen molar-refractivity contribution in [2.45, 2.75) is 13.0 Å². The predicted octanol–water partition coefficient (Wildman–Crippen LogP) is 2.39. The summed E-state index contributed by atoms with van der Waals surface area (Å²) >= 11 is 1.74. The average Bonchev–Trinajstić information content (AvgIpc) is 3.05. The highest BCUT2D eigenvalue weighted by Crippen LogP contribution is 2.25. The molecule has 92 valence electrons. The molecule has 0 amide bonds. The molecule has 0 aliphatic rings. The van der Waals surface area contributed by atoms with Crippen LogP contribution in [0.4, 0.5) is 5.82 Å². The van der Waals surface area contributed by atoms with Crippen molar-refractivity contribution in [1.82, 2.24) is 20.0 Å². The van der Waals surface area contributed by atoms with E-state index in [1.807, 2.05) is 23.1 Å². The molecule has 6 heteroatoms. The summed E-state index contributed by atoms with van der Waals surface area (Å²) in [4.78, 5) is 4.37. The molecule has 1 N–H and O–H groups in total. The van der Waals surface area contributed by atoms with Gasteiger partial charge in [-0.3, -0.25) is 4.68 Å². The van der Waals surface area contributed by atoms with Crippen molar-refractivity contribution in [3.05, 3.63) is 36.1 Å². The van der Waals surface area contributed by atoms with Crippen LogP contribution in [0.15, 0.2) is 36.1 Å². The minimum atomic E-state index is 0.868. The average molecular weight is 259 g/mol. The Labute approximate surface area is 108 Å². The summed E-state index contributed by atoms with van der Waals surface area (Å²) in [5, 5.41) is 14.4. The van der Waals surface area contributed by atoms with Crippen molar-refractivity contribution in [2.75, 3.05) is 11.9 Å². The Balaban J connectivity index is 1.58. The molecule has 0 radical (unpaired) electrons. The van der Waals surface area contributed by atoms with Crippen LogP contribution >= 0.6 is 11.3 Å². The van der Waals surface area contributed by atoms with Crippen LogP contribution in [0.25, 0.3) is 10.1 Å². The van der Waals surface area contributed by atoms with Crippen molar-refractivity contribution in [1.29, 1.82) is 0 Å². The third-order valence-corrected chi connectivity index (χ3v) is 3.59. The first kappa shape index (κ1) is 11.2. The Kier molecular flexibility index (Phi) is 3.18. The van der Waals surface area contributed by atoms with Crippen LogP contribution in [-0.4, -0.2) is 26.5 Å². The highest BCUT2D eigenvalue weighted by Gasteiger charge is 2.02. The predicted molar refractivity (Wildman–Crippen MR) is 72.7 cm³/mol. The zero-order chi connectivity index (χ0) is 12.2. The molecule has 3 heterocycles. The number of pyridine rings is 1. The van der Waals surface area contributed by atoms with Crippen LogP contribution in [0.5, 0.6) is 0 Å². The summed E-state index contributed by atoms with van der Waals surface area (Å²) in [6.07, 6.45) is 6.41. The third-order valence-electron chi connectivity index (χ3n) is 2.71. The first-order chi connectivity index (χ1) is 8.93. The molecule has 0 aromatic carbocycles. The number of fused-ring (bicyclic) bond motifs is 1. The fourth-order valence-corrected chi connectivity index (χ4v) is 2.62. The minimum absolute atomic E-state index is 0.868. The zero-order valence-electron chi connectivity index (χ0n) is 9.78. The monoisotopic (exact) mass is 259 g/mol. The molecule has 0 unspecified atom stereocenters. The van der Waals surface area contributed by atoms with Crippen molar-refractivity contribution in [3.63, 3.8) is 0 Å². The van der Waals surface area contributed by atoms with Gasteiger partial charge in [0.25, 0.3) is 0 Å². The number of hydrogen-bond acceptors (Lipinski definition) is 5. The molecule has 0 aliphatic carbocycles. The van der Waals surface area contributed by atoms with Gasteiger partial charge >= 0.3 is 0 Å². The van der Waals surface area contributed by atoms with Gasteiger partial charge < -0.3 is 5.32 Å². The molecular formula is C12H13N5S. The lowest BCUT2D eigenvalue weighted by atomic mass is 10.3. The van der Waals surface area contributed by atoms with Gasteiger partial charge in [-0.25, -0.2) is 4.98 Å². The van der Waals surface area contributed by atoms with E-state index in [1.54, 1.807) is 17.5 Å². The summed E-state index contributed by atoms with van der Waals surface area (Å²) in [6, 6.07) is 4.15. The third kappa shape index (κ3) is 2.33. The van der Waals surface area contributed by atoms with Crippen LogP contribution in [0.3, 0.4) is 0 Å². The standard InChI is InChI=1S/C12H13N5S/c1(7-17-8-6-15-16-17)4-13-12-10-3-9-18-11(10)2-5-14-12/h2-3,5-6,8-9H,1,4,7H2,(H,13,14). The maximum Gasteiger partial charge on any atom is 0.134 e. The van der Waals surface area contributed by atoms with E-state index in [9.17, 15) is 0 Å². The van der Waals surface area contributed by atoms with E-state index in [2.05, 4.69) is 32.1 Å². The second kappa shape index (κ2) is 5.14. The molecule has 0 saturated carbocycles. The fourth-order valence-electron chi connectivity index (χ4n) is 1.84. The van der Waals surface area contributed by atoms with Gasteiger partial charge in [-0.15, -0.1) is 16.4 Å². The van der Waals surface area contributed by atoms with E-state index in [4.69, 9.17) is 0 Å². The number of rotatable bonds is 5. The minimum Gasteiger partial charge on any atom is -0.369 e. The Morgan fingerprint density at radius 1 is 1.28 bits per heavy atom. The molecule has 5 nitrogen and oxygen atoms in total. The molecule has 0 spiro atoms. The number of aromatic nitrogens is 4. The Hall–Kier alpha value is -1.95. The van der Waals surface area contributed by atoms with Crippen molar-refractivity contribution in [3.8, 4) is 0 Å². The molecule has 0 fully saturated rings. The molecule has 3 aromatic heterocycles. The summed E-state index contributed by atoms with van der Waals surface area (Å²) in [5.41, 5.74) is 0. The normalized spacial score (nSPS) is 10.9. The Morgan fingerprint density at radius 2 is 2.28 bits per heavy atom. The van der Waals surface area contributed by atoms with Gasteiger partial charge in [-0.1, -0.05) is 5.21 Å². The zero-order valence-corrected chi connectivity index (χ0v) is 10.6. The molecule has 0 bridgehead atoms. The smallest absolute Gasteiger partial charge is 0.134 e. The Morgan fingerprint density at radius 3 is 3.17 bits per heavy atom. The number of nitrogens with one attached hydrogen (secondary N) is 1. The van der Waals surface area contributed by atoms with Crippen molar-refractivity contribution >= 4 is 27.2 Å². The lowest BCUT2D eigenvalue weighted by molar-refractivity contribution is 0.569. The van der Waals surface area contributed by atoms with E-state index >= 15 is 0 Å². The van der Waals surface area contributed by atoms with E-state index < -0.39 is 0 Å². The maximum absolute atomic E-state index is 4.37. The van der Waals surface area contributed by atoms with E-state index in [-0.39, 0.29) is 0 Å². The summed E-state index contributed by atoms with van der Waals surface area (Å²) < 4.78 is 3.10. The van der Waals surface area contributed by atoms with Crippen LogP contribution < -0.4 is 5.32 Å². The second-order valence-electron chi connectivity index (χ2n) is 3.94. The SMILES string of the molecule is c1cn(CCCNc2nccc3sccc23)nn1. The molecule has 18 heavy (non-hydrogen) atoms. The topological polar surface area (TPSA) is 55.6 Å². The van der Waals surface area contributed by atoms with E-state index in [1.165, 1.54) is 10.1 Å². The Bertz CT molecular complexity index is 616. The lowest BCUT2D eigenvalue weighted by Crippen LogP contribution is -2.08. The molecule has 3 aromatic rings. The number of nitrogens with zero attached hydrogens (tertiary/aromatic N) is 4. The van der Waals surface area contributed by atoms with Gasteiger partial charge in [0.2, 0.25) is 0 Å². The molecular weight excluding hydrogens is 246 g/mol. The van der Waals surface area contributed by atoms with Gasteiger partial charge in [-0.05, 0) is 23.9 Å². The van der Waals surface area contributed by atoms with Gasteiger partial charge in [-0.2, -0.15) is 0 Å². The highest BCUT2D eigenvalue weighted by molar-refractivity contribution is 7.17. The van der Waals surface area contributed by atoms with E-state index in [0.29, 0.717) is 0 Å². The number of thiophene rings is 1. The number of hydrogen-bond donors (Lipinski definition) is 1. The maximum atomic E-state index is 4.37. The molecule has 0 saturated heterocycles. The quantitative estimate of drug-likeness (QED) is 0.715. The fraction of sp³-hybridized carbons (Fsp3) is 0.250. The summed E-state index contributed by atoms with van der Waals surface area (Å²) in [6.45, 7) is 1.74. The first-order valence-corrected chi connectivity index (χ1v) is 6.71. The van der Waals surface area contributed by atoms with Crippen molar-refractivity contribution in [2.24, 2.45) is 0 Å². The van der Waals surface area contributed by atoms with Gasteiger partial charge in [0.1, 0.15) is 5.82 Å². The summed E-state index contributed by atoms with van der Waals surface area (Å²) in [7, 11) is 0. The summed E-state index contributed by atoms with van der Waals surface area (Å²) in [5.74, 6) is 0.965. The van der Waals surface area contributed by atoms with Gasteiger partial charge in [0.15, 0.2) is 0 Å². The molecule has 0 aliphatic heterocycles. The highest BCUT2D eigenvalue weighted by atomic mass is 32.1. The van der Waals surface area contributed by atoms with Gasteiger partial charge in [0.05, 0.1) is 6.20 Å². The largest absolute Gasteiger partial charge is 0.369 e. The van der Waals surface area contributed by atoms with Crippen molar-refractivity contribution < 1.29 is 0 Å². The van der Waals surface area contributed by atoms with Gasteiger partial charge in [0, 0.05) is 35.6 Å². The molecule has 0 atom stereocenters. The van der Waals surface area contributed by atoms with Crippen LogP contribution in [0.2, 0.25) is 0 Å². The first-order valence-electron chi connectivity index (χ1n) is 5.84. The number of aryl methyl sites for hydroxylation is 1. The second-order valence-corrected chi connectivity index (χ2v) is 4.89. The van der Waals surface area contributed by atoms with Crippen LogP contribution in [0, 0.1) is 0 Å². The van der Waals surface area contributed by atoms with E-state index in [0.717, 1.165) is 25.3 Å². The number of anilines is 1. The lowest BCUT2D eigenvalue weighted by Gasteiger charge is -2.06. The van der Waals surface area contributed by atoms with Crippen LogP contribution in [-0.2, 0) is 6.54 Å². The molecule has 3 rings (SSSR count).